The number of allylic oxidation sites excluding steroid dienone is 2. The van der Waals surface area contributed by atoms with Crippen molar-refractivity contribution in [2.45, 2.75) is 13.8 Å². The van der Waals surface area contributed by atoms with E-state index in [1.807, 2.05) is 0 Å². The fraction of sp³-hybridized carbons (Fsp3) is 0.0541. The van der Waals surface area contributed by atoms with Crippen molar-refractivity contribution in [1.29, 1.82) is 0 Å². The van der Waals surface area contributed by atoms with Gasteiger partial charge in [-0.1, -0.05) is 0 Å². The quantitative estimate of drug-likeness (QED) is 0.0542. The topological polar surface area (TPSA) is 291 Å². The summed E-state index contributed by atoms with van der Waals surface area (Å²) in [5.41, 5.74) is 5.75. The normalized spacial score (nSPS) is 14.5. The molecule has 296 valence electrons. The molecular formula is C37H30N8Na2O11S2+2. The molecule has 2 aliphatic carbocycles. The van der Waals surface area contributed by atoms with Crippen LogP contribution in [0, 0.1) is 0 Å². The summed E-state index contributed by atoms with van der Waals surface area (Å²) in [7, 11) is -9.97. The number of carbonyl (C=O) groups is 5. The molecule has 0 bridgehead atoms. The van der Waals surface area contributed by atoms with E-state index in [2.05, 4.69) is 42.3 Å². The van der Waals surface area contributed by atoms with Crippen LogP contribution in [0.2, 0.25) is 0 Å². The van der Waals surface area contributed by atoms with E-state index in [4.69, 9.17) is 0 Å². The van der Waals surface area contributed by atoms with E-state index in [0.717, 1.165) is 12.2 Å². The van der Waals surface area contributed by atoms with Crippen molar-refractivity contribution in [3.63, 3.8) is 0 Å². The Bertz CT molecular complexity index is 2600. The van der Waals surface area contributed by atoms with Gasteiger partial charge in [0.2, 0.25) is 23.4 Å². The van der Waals surface area contributed by atoms with E-state index in [1.165, 1.54) is 74.5 Å². The van der Waals surface area contributed by atoms with Gasteiger partial charge in [0.25, 0.3) is 20.2 Å². The molecule has 0 saturated carbocycles. The van der Waals surface area contributed by atoms with E-state index < -0.39 is 59.1 Å². The van der Waals surface area contributed by atoms with Gasteiger partial charge in [0, 0.05) is 47.7 Å². The summed E-state index contributed by atoms with van der Waals surface area (Å²) in [4.78, 5) is 60.7. The number of nitrogens with zero attached hydrogens (tertiary/aromatic N) is 2. The van der Waals surface area contributed by atoms with E-state index in [0.29, 0.717) is 22.7 Å². The number of carbonyl (C=O) groups excluding carboxylic acids is 5. The maximum absolute atomic E-state index is 13.4. The van der Waals surface area contributed by atoms with Crippen molar-refractivity contribution in [2.24, 2.45) is 10.2 Å². The monoisotopic (exact) mass is 872 g/mol. The number of fused-ring (bicyclic) bond motifs is 2. The number of anilines is 6. The van der Waals surface area contributed by atoms with E-state index in [9.17, 15) is 49.9 Å². The second-order valence-corrected chi connectivity index (χ2v) is 15.3. The zero-order valence-corrected chi connectivity index (χ0v) is 37.7. The van der Waals surface area contributed by atoms with Crippen LogP contribution >= 0.6 is 0 Å². The third kappa shape index (κ3) is 11.5. The minimum atomic E-state index is -4.98. The number of nitrogens with one attached hydrogen (secondary N) is 6. The van der Waals surface area contributed by atoms with Crippen LogP contribution in [0.4, 0.5) is 38.9 Å². The molecule has 2 aliphatic rings. The van der Waals surface area contributed by atoms with Crippen LogP contribution in [0.25, 0.3) is 12.2 Å². The summed E-state index contributed by atoms with van der Waals surface area (Å²) < 4.78 is 69.3. The Labute approximate surface area is 386 Å². The number of hydrogen-bond acceptors (Lipinski definition) is 13. The summed E-state index contributed by atoms with van der Waals surface area (Å²) in [5.74, 6) is -2.29. The van der Waals surface area contributed by atoms with Crippen molar-refractivity contribution in [1.82, 2.24) is 0 Å². The number of rotatable bonds is 10. The molecule has 23 heteroatoms. The number of ketones is 2. The molecule has 0 aromatic heterocycles. The standard InChI is InChI=1S/C37H30N8O11S2.2Na/c1-19(46)38-23-3-7-25(8-4-23)42-44-33-31(57(51,52)53)17-21-15-27(11-13-29(21)35(33)48)40-37(50)41-28-12-14-30-22(16-28)18-32(58(54,55)56)34(36(30)49)45-43-26-9-5-24(6-10-26)39-20(2)47;;/h3-18,42-43H,1-2H3,(H,38,46)(H,39,47)(H2,40,41,50)(H,51,52,53)(H,54,55,56);;/q;2*+1/b44-33+,45-34?;;. The molecule has 8 N–H and O–H groups in total. The smallest absolute Gasteiger partial charge is 0.326 e. The van der Waals surface area contributed by atoms with Gasteiger partial charge in [0.1, 0.15) is 9.81 Å². The predicted octanol–water partition coefficient (Wildman–Crippen LogP) is -0.958. The first-order valence-corrected chi connectivity index (χ1v) is 19.5. The largest absolute Gasteiger partial charge is 1.00 e. The second kappa shape index (κ2) is 19.4. The van der Waals surface area contributed by atoms with Crippen LogP contribution in [-0.2, 0) is 29.8 Å². The molecule has 6 rings (SSSR count). The molecule has 19 nitrogen and oxygen atoms in total. The van der Waals surface area contributed by atoms with Gasteiger partial charge in [-0.05, 0) is 108 Å². The Morgan fingerprint density at radius 2 is 0.817 bits per heavy atom. The van der Waals surface area contributed by atoms with Gasteiger partial charge >= 0.3 is 65.1 Å². The summed E-state index contributed by atoms with van der Waals surface area (Å²) in [5, 5.41) is 18.1. The predicted molar refractivity (Wildman–Crippen MR) is 217 cm³/mol. The molecule has 0 aliphatic heterocycles. The van der Waals surface area contributed by atoms with Crippen molar-refractivity contribution in [3.05, 3.63) is 117 Å². The van der Waals surface area contributed by atoms with Gasteiger partial charge in [-0.15, -0.1) is 0 Å². The number of Topliss-reactive ketones (excluding diaryl/α,β-unsaturated/α-hetero) is 2. The molecular weight excluding hydrogens is 843 g/mol. The SMILES string of the molecule is CC(=O)Nc1ccc(NN=C2C(=O)c3ccc(NC(=O)Nc4ccc5c(c4)C=C(S(=O)(=O)O)/C(=N\Nc4ccc(NC(C)=O)cc4)C5=O)cc3C=C2S(=O)(=O)O)cc1.[Na+].[Na+]. The van der Waals surface area contributed by atoms with Crippen molar-refractivity contribution >= 4 is 107 Å². The van der Waals surface area contributed by atoms with Crippen LogP contribution in [0.5, 0.6) is 0 Å². The fourth-order valence-corrected chi connectivity index (χ4v) is 6.95. The van der Waals surface area contributed by atoms with Crippen LogP contribution in [0.15, 0.2) is 105 Å². The fourth-order valence-electron chi connectivity index (χ4n) is 5.63. The molecule has 4 aromatic rings. The van der Waals surface area contributed by atoms with E-state index >= 15 is 0 Å². The van der Waals surface area contributed by atoms with Crippen LogP contribution < -0.4 is 91.2 Å². The average Bonchev–Trinajstić information content (AvgIpc) is 3.13. The van der Waals surface area contributed by atoms with Crippen molar-refractivity contribution in [3.8, 4) is 0 Å². The first-order chi connectivity index (χ1) is 27.3. The number of hydrazone groups is 2. The van der Waals surface area contributed by atoms with E-state index in [-0.39, 0.29) is 105 Å². The zero-order valence-electron chi connectivity index (χ0n) is 32.0. The molecule has 0 fully saturated rings. The van der Waals surface area contributed by atoms with Gasteiger partial charge in [0.05, 0.1) is 11.4 Å². The molecule has 60 heavy (non-hydrogen) atoms. The molecule has 0 heterocycles. The van der Waals surface area contributed by atoms with Crippen LogP contribution in [0.1, 0.15) is 45.7 Å². The molecule has 0 saturated heterocycles. The summed E-state index contributed by atoms with van der Waals surface area (Å²) in [6, 6.07) is 19.3. The number of urea groups is 1. The third-order valence-electron chi connectivity index (χ3n) is 8.14. The van der Waals surface area contributed by atoms with Gasteiger partial charge in [-0.2, -0.15) is 27.0 Å². The summed E-state index contributed by atoms with van der Waals surface area (Å²) >= 11 is 0. The number of benzene rings is 4. The Morgan fingerprint density at radius 3 is 1.13 bits per heavy atom. The molecule has 0 atom stereocenters. The Kier molecular flexibility index (Phi) is 15.3. The van der Waals surface area contributed by atoms with Gasteiger partial charge in [-0.3, -0.25) is 39.1 Å². The van der Waals surface area contributed by atoms with Crippen molar-refractivity contribution in [2.75, 3.05) is 32.1 Å². The summed E-state index contributed by atoms with van der Waals surface area (Å²) in [6.07, 6.45) is 2.01. The Balaban J connectivity index is 0.00000397. The van der Waals surface area contributed by atoms with E-state index in [1.54, 1.807) is 24.3 Å². The van der Waals surface area contributed by atoms with Gasteiger partial charge < -0.3 is 21.3 Å². The van der Waals surface area contributed by atoms with Gasteiger partial charge in [0.15, 0.2) is 11.4 Å². The maximum Gasteiger partial charge on any atom is 1.00 e. The maximum atomic E-state index is 13.4. The van der Waals surface area contributed by atoms with Crippen LogP contribution in [0.3, 0.4) is 0 Å². The third-order valence-corrected chi connectivity index (χ3v) is 9.87. The molecule has 4 aromatic carbocycles. The number of hydrogen-bond donors (Lipinski definition) is 8. The first-order valence-electron chi connectivity index (χ1n) is 16.6. The van der Waals surface area contributed by atoms with Gasteiger partial charge in [-0.25, -0.2) is 4.79 Å². The van der Waals surface area contributed by atoms with Crippen molar-refractivity contribution < 1.29 is 109 Å². The molecule has 4 amide bonds. The Hall–Kier alpha value is -5.33. The minimum absolute atomic E-state index is 0. The zero-order chi connectivity index (χ0) is 41.9. The average molecular weight is 873 g/mol. The molecule has 0 unspecified atom stereocenters. The number of amides is 4. The summed E-state index contributed by atoms with van der Waals surface area (Å²) in [6.45, 7) is 2.67. The Morgan fingerprint density at radius 1 is 0.500 bits per heavy atom. The second-order valence-electron chi connectivity index (χ2n) is 12.5. The molecule has 0 radical (unpaired) electrons. The van der Waals surface area contributed by atoms with Crippen LogP contribution in [-0.4, -0.2) is 66.8 Å². The minimum Gasteiger partial charge on any atom is -0.326 e. The first kappa shape index (κ1) is 47.3. The molecule has 0 spiro atoms.